The minimum absolute atomic E-state index is 0.365. The maximum Gasteiger partial charge on any atom is 0.396 e. The van der Waals surface area contributed by atoms with Crippen LogP contribution in [0.1, 0.15) is 6.92 Å². The van der Waals surface area contributed by atoms with E-state index in [1.807, 2.05) is 0 Å². The molecule has 0 aliphatic heterocycles. The number of fused-ring (bicyclic) bond motifs is 1. The van der Waals surface area contributed by atoms with Crippen LogP contribution in [0.3, 0.4) is 0 Å². The van der Waals surface area contributed by atoms with Crippen molar-refractivity contribution in [1.82, 2.24) is 0 Å². The molecule has 0 unspecified atom stereocenters. The van der Waals surface area contributed by atoms with E-state index in [4.69, 9.17) is 14.3 Å². The van der Waals surface area contributed by atoms with Crippen LogP contribution >= 0.6 is 11.3 Å². The van der Waals surface area contributed by atoms with Gasteiger partial charge in [-0.3, -0.25) is 0 Å². The van der Waals surface area contributed by atoms with Crippen molar-refractivity contribution < 1.29 is 19.1 Å². The van der Waals surface area contributed by atoms with E-state index in [-0.39, 0.29) is 0 Å². The number of carbonyl (C=O) groups is 1. The molecule has 5 nitrogen and oxygen atoms in total. The zero-order chi connectivity index (χ0) is 11.7. The number of carboxylic acids is 1. The van der Waals surface area contributed by atoms with Crippen LogP contribution in [0.25, 0.3) is 10.3 Å². The summed E-state index contributed by atoms with van der Waals surface area (Å²) in [4.78, 5) is 21.1. The summed E-state index contributed by atoms with van der Waals surface area (Å²) in [6, 6.07) is 4.77. The minimum Gasteiger partial charge on any atom is -0.479 e. The maximum absolute atomic E-state index is 10.9. The molecule has 1 aromatic heterocycles. The molecule has 1 heterocycles. The van der Waals surface area contributed by atoms with E-state index in [9.17, 15) is 9.59 Å². The lowest BCUT2D eigenvalue weighted by Gasteiger charge is -2.09. The summed E-state index contributed by atoms with van der Waals surface area (Å²) >= 11 is 0.992. The van der Waals surface area contributed by atoms with Crippen LogP contribution in [-0.2, 0) is 4.79 Å². The number of aliphatic carboxylic acids is 1. The SMILES string of the molecule is C[C@@H](Oc1ccc2sc(=O)oc2c1)C(=O)O. The molecule has 0 aliphatic carbocycles. The van der Waals surface area contributed by atoms with Crippen LogP contribution < -0.4 is 9.68 Å². The summed E-state index contributed by atoms with van der Waals surface area (Å²) < 4.78 is 10.7. The predicted octanol–water partition coefficient (Wildman–Crippen LogP) is 1.71. The molecule has 16 heavy (non-hydrogen) atoms. The molecule has 1 atom stereocenters. The molecule has 0 bridgehead atoms. The standard InChI is InChI=1S/C10H8O5S/c1-5(9(11)12)14-6-2-3-8-7(4-6)15-10(13)16-8/h2-5H,1H3,(H,11,12)/t5-/m1/s1. The fourth-order valence-electron chi connectivity index (χ4n) is 1.18. The Morgan fingerprint density at radius 2 is 2.31 bits per heavy atom. The van der Waals surface area contributed by atoms with Crippen LogP contribution in [0.5, 0.6) is 5.75 Å². The van der Waals surface area contributed by atoms with E-state index < -0.39 is 17.0 Å². The van der Waals surface area contributed by atoms with Crippen molar-refractivity contribution in [3.8, 4) is 5.75 Å². The Morgan fingerprint density at radius 3 is 3.00 bits per heavy atom. The van der Waals surface area contributed by atoms with E-state index in [1.165, 1.54) is 13.0 Å². The highest BCUT2D eigenvalue weighted by Crippen LogP contribution is 2.23. The minimum atomic E-state index is -1.05. The van der Waals surface area contributed by atoms with Crippen molar-refractivity contribution in [2.45, 2.75) is 13.0 Å². The lowest BCUT2D eigenvalue weighted by atomic mass is 10.3. The molecular weight excluding hydrogens is 232 g/mol. The predicted molar refractivity (Wildman–Crippen MR) is 58.1 cm³/mol. The molecule has 0 saturated carbocycles. The van der Waals surface area contributed by atoms with Gasteiger partial charge in [0.15, 0.2) is 11.7 Å². The second-order valence-corrected chi connectivity index (χ2v) is 4.14. The molecular formula is C10H8O5S. The summed E-state index contributed by atoms with van der Waals surface area (Å²) in [6.07, 6.45) is -0.942. The number of ether oxygens (including phenoxy) is 1. The topological polar surface area (TPSA) is 76.7 Å². The molecule has 2 rings (SSSR count). The van der Waals surface area contributed by atoms with Gasteiger partial charge < -0.3 is 14.3 Å². The zero-order valence-electron chi connectivity index (χ0n) is 8.30. The van der Waals surface area contributed by atoms with Gasteiger partial charge in [0.2, 0.25) is 0 Å². The summed E-state index contributed by atoms with van der Waals surface area (Å²) in [5, 5.41) is 8.66. The third-order valence-corrected chi connectivity index (χ3v) is 2.77. The van der Waals surface area contributed by atoms with E-state index in [0.29, 0.717) is 16.0 Å². The van der Waals surface area contributed by atoms with E-state index >= 15 is 0 Å². The van der Waals surface area contributed by atoms with Gasteiger partial charge in [-0.25, -0.2) is 9.59 Å². The quantitative estimate of drug-likeness (QED) is 0.883. The summed E-state index contributed by atoms with van der Waals surface area (Å²) in [5.41, 5.74) is 0.407. The normalized spacial score (nSPS) is 12.6. The number of hydrogen-bond acceptors (Lipinski definition) is 5. The second-order valence-electron chi connectivity index (χ2n) is 3.16. The molecule has 0 saturated heterocycles. The van der Waals surface area contributed by atoms with Crippen molar-refractivity contribution >= 4 is 27.6 Å². The monoisotopic (exact) mass is 240 g/mol. The van der Waals surface area contributed by atoms with Crippen molar-refractivity contribution in [3.63, 3.8) is 0 Å². The van der Waals surface area contributed by atoms with E-state index in [0.717, 1.165) is 11.3 Å². The molecule has 0 fully saturated rings. The lowest BCUT2D eigenvalue weighted by molar-refractivity contribution is -0.144. The Labute approximate surface area is 93.9 Å². The summed E-state index contributed by atoms with van der Waals surface area (Å²) in [7, 11) is 0. The summed E-state index contributed by atoms with van der Waals surface area (Å²) in [5.74, 6) is -0.684. The molecule has 0 aliphatic rings. The molecule has 1 aromatic carbocycles. The Bertz CT molecular complexity index is 582. The van der Waals surface area contributed by atoms with Crippen LogP contribution in [-0.4, -0.2) is 17.2 Å². The Kier molecular flexibility index (Phi) is 2.66. The van der Waals surface area contributed by atoms with Gasteiger partial charge in [0.1, 0.15) is 5.75 Å². The average molecular weight is 240 g/mol. The molecule has 1 N–H and O–H groups in total. The first-order valence-electron chi connectivity index (χ1n) is 4.49. The average Bonchev–Trinajstić information content (AvgIpc) is 2.57. The molecule has 2 aromatic rings. The fraction of sp³-hybridized carbons (Fsp3) is 0.200. The highest BCUT2D eigenvalue weighted by Gasteiger charge is 2.13. The largest absolute Gasteiger partial charge is 0.479 e. The Morgan fingerprint density at radius 1 is 1.56 bits per heavy atom. The van der Waals surface area contributed by atoms with Gasteiger partial charge in [-0.05, 0) is 19.1 Å². The number of rotatable bonds is 3. The van der Waals surface area contributed by atoms with Gasteiger partial charge in [0, 0.05) is 6.07 Å². The van der Waals surface area contributed by atoms with E-state index in [2.05, 4.69) is 0 Å². The van der Waals surface area contributed by atoms with Gasteiger partial charge >= 0.3 is 10.9 Å². The first-order valence-corrected chi connectivity index (χ1v) is 5.31. The molecule has 0 spiro atoms. The maximum atomic E-state index is 10.9. The van der Waals surface area contributed by atoms with Gasteiger partial charge in [0.05, 0.1) is 4.70 Å². The van der Waals surface area contributed by atoms with Crippen LogP contribution in [0.2, 0.25) is 0 Å². The molecule has 0 radical (unpaired) electrons. The number of carboxylic acid groups (broad SMARTS) is 1. The van der Waals surface area contributed by atoms with Gasteiger partial charge in [-0.2, -0.15) is 0 Å². The number of hydrogen-bond donors (Lipinski definition) is 1. The van der Waals surface area contributed by atoms with E-state index in [1.54, 1.807) is 12.1 Å². The lowest BCUT2D eigenvalue weighted by Crippen LogP contribution is -2.22. The molecule has 0 amide bonds. The van der Waals surface area contributed by atoms with Gasteiger partial charge in [-0.1, -0.05) is 11.3 Å². The van der Waals surface area contributed by atoms with Crippen LogP contribution in [0.4, 0.5) is 0 Å². The third kappa shape index (κ3) is 2.06. The molecule has 6 heteroatoms. The third-order valence-electron chi connectivity index (χ3n) is 1.96. The Balaban J connectivity index is 2.32. The highest BCUT2D eigenvalue weighted by molar-refractivity contribution is 7.16. The smallest absolute Gasteiger partial charge is 0.396 e. The summed E-state index contributed by atoms with van der Waals surface area (Å²) in [6.45, 7) is 1.43. The van der Waals surface area contributed by atoms with Crippen molar-refractivity contribution in [2.24, 2.45) is 0 Å². The van der Waals surface area contributed by atoms with Crippen molar-refractivity contribution in [3.05, 3.63) is 27.9 Å². The fourth-order valence-corrected chi connectivity index (χ4v) is 1.83. The van der Waals surface area contributed by atoms with Gasteiger partial charge in [-0.15, -0.1) is 0 Å². The number of benzene rings is 1. The molecule has 84 valence electrons. The van der Waals surface area contributed by atoms with Crippen LogP contribution in [0.15, 0.2) is 27.4 Å². The first-order chi connectivity index (χ1) is 7.56. The zero-order valence-corrected chi connectivity index (χ0v) is 9.11. The Hall–Kier alpha value is -1.82. The van der Waals surface area contributed by atoms with Crippen molar-refractivity contribution in [1.29, 1.82) is 0 Å². The first kappa shape index (κ1) is 10.7. The second kappa shape index (κ2) is 3.97. The van der Waals surface area contributed by atoms with Crippen molar-refractivity contribution in [2.75, 3.05) is 0 Å². The van der Waals surface area contributed by atoms with Gasteiger partial charge in [0.25, 0.3) is 0 Å². The van der Waals surface area contributed by atoms with Crippen LogP contribution in [0, 0.1) is 0 Å². The highest BCUT2D eigenvalue weighted by atomic mass is 32.1.